The Labute approximate surface area is 109 Å². The molecule has 2 rings (SSSR count). The third kappa shape index (κ3) is 3.49. The summed E-state index contributed by atoms with van der Waals surface area (Å²) in [6.45, 7) is 0. The van der Waals surface area contributed by atoms with Crippen molar-refractivity contribution in [1.29, 1.82) is 0 Å². The number of benzene rings is 1. The number of sulfone groups is 1. The number of nitrogens with zero attached hydrogens (tertiary/aromatic N) is 2. The molecule has 1 amide bonds. The zero-order chi connectivity index (χ0) is 13.7. The van der Waals surface area contributed by atoms with Crippen LogP contribution in [0.2, 0.25) is 0 Å². The van der Waals surface area contributed by atoms with Crippen molar-refractivity contribution in [3.63, 3.8) is 0 Å². The molecule has 2 N–H and O–H groups in total. The molecule has 0 saturated carbocycles. The number of anilines is 1. The summed E-state index contributed by atoms with van der Waals surface area (Å²) < 4.78 is 23.7. The number of H-pyrrole nitrogens is 1. The van der Waals surface area contributed by atoms with E-state index in [-0.39, 0.29) is 10.8 Å². The number of aromatic nitrogens is 3. The summed E-state index contributed by atoms with van der Waals surface area (Å²) in [6, 6.07) is 7.83. The van der Waals surface area contributed by atoms with Crippen molar-refractivity contribution in [3.8, 4) is 0 Å². The highest BCUT2D eigenvalue weighted by Crippen LogP contribution is 2.11. The van der Waals surface area contributed by atoms with Crippen molar-refractivity contribution in [2.24, 2.45) is 0 Å². The highest BCUT2D eigenvalue weighted by Gasteiger charge is 2.10. The average Bonchev–Trinajstić information content (AvgIpc) is 2.90. The third-order valence-electron chi connectivity index (χ3n) is 2.13. The Morgan fingerprint density at radius 2 is 2.00 bits per heavy atom. The minimum Gasteiger partial charge on any atom is -0.291 e. The van der Waals surface area contributed by atoms with Gasteiger partial charge in [-0.3, -0.25) is 10.1 Å². The molecule has 0 radical (unpaired) electrons. The van der Waals surface area contributed by atoms with Crippen molar-refractivity contribution < 1.29 is 13.2 Å². The van der Waals surface area contributed by atoms with E-state index in [4.69, 9.17) is 0 Å². The zero-order valence-electron chi connectivity index (χ0n) is 9.65. The van der Waals surface area contributed by atoms with E-state index in [0.29, 0.717) is 0 Å². The summed E-state index contributed by atoms with van der Waals surface area (Å²) in [5.74, 6) is -0.469. The molecule has 0 aliphatic carbocycles. The minimum absolute atomic E-state index is 0.124. The third-order valence-corrected chi connectivity index (χ3v) is 3.55. The Morgan fingerprint density at radius 1 is 1.26 bits per heavy atom. The minimum atomic E-state index is -3.62. The molecule has 0 bridgehead atoms. The van der Waals surface area contributed by atoms with Gasteiger partial charge in [0.1, 0.15) is 6.33 Å². The highest BCUT2D eigenvalue weighted by molar-refractivity contribution is 7.94. The maximum atomic E-state index is 11.8. The number of rotatable bonds is 4. The number of carbonyl (C=O) groups is 1. The van der Waals surface area contributed by atoms with Gasteiger partial charge in [0.15, 0.2) is 9.84 Å². The van der Waals surface area contributed by atoms with E-state index in [2.05, 4.69) is 20.5 Å². The Morgan fingerprint density at radius 3 is 2.63 bits per heavy atom. The van der Waals surface area contributed by atoms with Gasteiger partial charge in [0.2, 0.25) is 5.95 Å². The number of carbonyl (C=O) groups excluding carboxylic acids is 1. The molecule has 0 spiro atoms. The Bertz CT molecular complexity index is 678. The molecule has 0 fully saturated rings. The summed E-state index contributed by atoms with van der Waals surface area (Å²) in [7, 11) is -3.62. The number of nitrogens with one attached hydrogen (secondary N) is 2. The number of hydrogen-bond acceptors (Lipinski definition) is 5. The lowest BCUT2D eigenvalue weighted by atomic mass is 10.4. The number of amides is 1. The van der Waals surface area contributed by atoms with Crippen molar-refractivity contribution in [3.05, 3.63) is 48.1 Å². The van der Waals surface area contributed by atoms with E-state index in [1.165, 1.54) is 18.5 Å². The molecule has 2 aromatic rings. The van der Waals surface area contributed by atoms with Gasteiger partial charge >= 0.3 is 0 Å². The van der Waals surface area contributed by atoms with E-state index in [1.54, 1.807) is 18.2 Å². The van der Waals surface area contributed by atoms with Gasteiger partial charge in [-0.2, -0.15) is 10.1 Å². The molecule has 1 aromatic heterocycles. The molecular weight excluding hydrogens is 268 g/mol. The van der Waals surface area contributed by atoms with Crippen LogP contribution in [0.3, 0.4) is 0 Å². The van der Waals surface area contributed by atoms with Crippen LogP contribution >= 0.6 is 0 Å². The molecule has 0 unspecified atom stereocenters. The maximum Gasteiger partial charge on any atom is 0.251 e. The van der Waals surface area contributed by atoms with Gasteiger partial charge in [0.05, 0.1) is 4.90 Å². The second-order valence-electron chi connectivity index (χ2n) is 3.48. The largest absolute Gasteiger partial charge is 0.291 e. The average molecular weight is 278 g/mol. The first-order chi connectivity index (χ1) is 9.08. The topological polar surface area (TPSA) is 105 Å². The quantitative estimate of drug-likeness (QED) is 0.802. The van der Waals surface area contributed by atoms with Crippen LogP contribution in [0.15, 0.2) is 53.0 Å². The molecular formula is C11H10N4O3S. The molecule has 0 aliphatic rings. The van der Waals surface area contributed by atoms with Gasteiger partial charge in [0.25, 0.3) is 5.91 Å². The summed E-state index contributed by atoms with van der Waals surface area (Å²) in [5, 5.41) is 9.13. The van der Waals surface area contributed by atoms with Crippen LogP contribution in [-0.2, 0) is 14.6 Å². The van der Waals surface area contributed by atoms with Crippen LogP contribution in [0.4, 0.5) is 5.95 Å². The second kappa shape index (κ2) is 5.44. The number of aromatic amines is 1. The summed E-state index contributed by atoms with van der Waals surface area (Å²) in [6.07, 6.45) is 2.14. The first kappa shape index (κ1) is 13.0. The van der Waals surface area contributed by atoms with Gasteiger partial charge in [-0.25, -0.2) is 13.5 Å². The first-order valence-electron chi connectivity index (χ1n) is 5.22. The Balaban J connectivity index is 2.08. The SMILES string of the molecule is O=C(C=CS(=O)(=O)c1ccccc1)Nc1ncn[nH]1. The standard InChI is InChI=1S/C11H10N4O3S/c16-10(14-11-12-8-13-15-11)6-7-19(17,18)9-4-2-1-3-5-9/h1-8H,(H2,12,13,14,15,16). The first-order valence-corrected chi connectivity index (χ1v) is 6.77. The Kier molecular flexibility index (Phi) is 3.71. The van der Waals surface area contributed by atoms with Gasteiger partial charge in [0, 0.05) is 11.5 Å². The lowest BCUT2D eigenvalue weighted by Gasteiger charge is -1.98. The zero-order valence-corrected chi connectivity index (χ0v) is 10.5. The fourth-order valence-corrected chi connectivity index (χ4v) is 2.26. The van der Waals surface area contributed by atoms with E-state index in [0.717, 1.165) is 11.5 Å². The monoisotopic (exact) mass is 278 g/mol. The van der Waals surface area contributed by atoms with Gasteiger partial charge in [-0.05, 0) is 12.1 Å². The second-order valence-corrected chi connectivity index (χ2v) is 5.32. The molecule has 0 saturated heterocycles. The van der Waals surface area contributed by atoms with Crippen LogP contribution < -0.4 is 5.32 Å². The number of hydrogen-bond donors (Lipinski definition) is 2. The normalized spacial score (nSPS) is 11.6. The summed E-state index contributed by atoms with van der Waals surface area (Å²) in [4.78, 5) is 15.2. The lowest BCUT2D eigenvalue weighted by Crippen LogP contribution is -2.10. The van der Waals surface area contributed by atoms with Crippen LogP contribution in [0.25, 0.3) is 0 Å². The van der Waals surface area contributed by atoms with E-state index in [9.17, 15) is 13.2 Å². The lowest BCUT2D eigenvalue weighted by molar-refractivity contribution is -0.111. The van der Waals surface area contributed by atoms with Gasteiger partial charge in [-0.1, -0.05) is 18.2 Å². The molecule has 1 aromatic carbocycles. The molecule has 0 aliphatic heterocycles. The predicted molar refractivity (Wildman–Crippen MR) is 67.8 cm³/mol. The van der Waals surface area contributed by atoms with E-state index in [1.807, 2.05) is 0 Å². The van der Waals surface area contributed by atoms with Crippen LogP contribution in [-0.4, -0.2) is 29.5 Å². The van der Waals surface area contributed by atoms with Crippen molar-refractivity contribution in [2.75, 3.05) is 5.32 Å². The maximum absolute atomic E-state index is 11.8. The van der Waals surface area contributed by atoms with Crippen molar-refractivity contribution >= 4 is 21.7 Å². The fraction of sp³-hybridized carbons (Fsp3) is 0. The molecule has 0 atom stereocenters. The molecule has 8 heteroatoms. The van der Waals surface area contributed by atoms with Crippen molar-refractivity contribution in [1.82, 2.24) is 15.2 Å². The smallest absolute Gasteiger partial charge is 0.251 e. The Hall–Kier alpha value is -2.48. The fourth-order valence-electron chi connectivity index (χ4n) is 1.26. The van der Waals surface area contributed by atoms with Crippen LogP contribution in [0.5, 0.6) is 0 Å². The predicted octanol–water partition coefficient (Wildman–Crippen LogP) is 0.731. The molecule has 19 heavy (non-hydrogen) atoms. The molecule has 7 nitrogen and oxygen atoms in total. The van der Waals surface area contributed by atoms with Crippen LogP contribution in [0.1, 0.15) is 0 Å². The van der Waals surface area contributed by atoms with Gasteiger partial charge in [-0.15, -0.1) is 0 Å². The van der Waals surface area contributed by atoms with E-state index >= 15 is 0 Å². The molecule has 1 heterocycles. The summed E-state index contributed by atoms with van der Waals surface area (Å²) >= 11 is 0. The highest BCUT2D eigenvalue weighted by atomic mass is 32.2. The van der Waals surface area contributed by atoms with Crippen molar-refractivity contribution in [2.45, 2.75) is 4.90 Å². The van der Waals surface area contributed by atoms with Crippen LogP contribution in [0, 0.1) is 0 Å². The molecule has 98 valence electrons. The van der Waals surface area contributed by atoms with E-state index < -0.39 is 15.7 Å². The summed E-state index contributed by atoms with van der Waals surface area (Å²) in [5.41, 5.74) is 0. The van der Waals surface area contributed by atoms with Gasteiger partial charge < -0.3 is 0 Å².